The van der Waals surface area contributed by atoms with Gasteiger partial charge in [0.05, 0.1) is 18.8 Å². The van der Waals surface area contributed by atoms with Crippen molar-refractivity contribution in [2.24, 2.45) is 0 Å². The Morgan fingerprint density at radius 1 is 1.28 bits per heavy atom. The van der Waals surface area contributed by atoms with Crippen LogP contribution in [0.25, 0.3) is 0 Å². The van der Waals surface area contributed by atoms with Gasteiger partial charge in [0.1, 0.15) is 5.82 Å². The second kappa shape index (κ2) is 8.92. The summed E-state index contributed by atoms with van der Waals surface area (Å²) in [6, 6.07) is 9.40. The van der Waals surface area contributed by atoms with Crippen LogP contribution in [0.15, 0.2) is 36.5 Å². The van der Waals surface area contributed by atoms with Gasteiger partial charge in [0.15, 0.2) is 0 Å². The van der Waals surface area contributed by atoms with E-state index in [0.717, 1.165) is 36.5 Å². The molecular weight excluding hydrogens is 338 g/mol. The number of hydrogen-bond acceptors (Lipinski definition) is 4. The predicted molar refractivity (Wildman–Crippen MR) is 96.4 cm³/mol. The number of halogens is 1. The molecule has 1 saturated heterocycles. The van der Waals surface area contributed by atoms with Crippen LogP contribution in [0.3, 0.4) is 0 Å². The molecule has 1 aliphatic heterocycles. The van der Waals surface area contributed by atoms with Crippen LogP contribution in [0, 0.1) is 0 Å². The summed E-state index contributed by atoms with van der Waals surface area (Å²) in [4.78, 5) is 21.0. The molecule has 0 bridgehead atoms. The second-order valence-corrected chi connectivity index (χ2v) is 6.66. The molecule has 1 aromatic carbocycles. The van der Waals surface area contributed by atoms with Crippen molar-refractivity contribution >= 4 is 17.5 Å². The number of rotatable bonds is 6. The van der Waals surface area contributed by atoms with Gasteiger partial charge in [-0.1, -0.05) is 23.7 Å². The summed E-state index contributed by atoms with van der Waals surface area (Å²) in [7, 11) is 0. The van der Waals surface area contributed by atoms with E-state index in [2.05, 4.69) is 15.3 Å². The molecule has 0 radical (unpaired) electrons. The predicted octanol–water partition coefficient (Wildman–Crippen LogP) is 3.27. The maximum absolute atomic E-state index is 12.0. The zero-order valence-electron chi connectivity index (χ0n) is 14.1. The first kappa shape index (κ1) is 17.8. The van der Waals surface area contributed by atoms with Gasteiger partial charge < -0.3 is 10.1 Å². The number of nitrogens with one attached hydrogen (secondary N) is 1. The zero-order chi connectivity index (χ0) is 17.5. The van der Waals surface area contributed by atoms with E-state index in [0.29, 0.717) is 31.0 Å². The topological polar surface area (TPSA) is 64.1 Å². The minimum atomic E-state index is 0.0103. The van der Waals surface area contributed by atoms with E-state index < -0.39 is 0 Å². The van der Waals surface area contributed by atoms with E-state index >= 15 is 0 Å². The lowest BCUT2D eigenvalue weighted by Gasteiger charge is -2.20. The van der Waals surface area contributed by atoms with Gasteiger partial charge in [0.25, 0.3) is 0 Å². The fourth-order valence-electron chi connectivity index (χ4n) is 2.84. The van der Waals surface area contributed by atoms with Crippen LogP contribution < -0.4 is 5.32 Å². The van der Waals surface area contributed by atoms with Gasteiger partial charge in [-0.3, -0.25) is 4.79 Å². The molecule has 132 valence electrons. The highest BCUT2D eigenvalue weighted by atomic mass is 35.5. The molecule has 3 rings (SSSR count). The monoisotopic (exact) mass is 359 g/mol. The lowest BCUT2D eigenvalue weighted by molar-refractivity contribution is -0.121. The van der Waals surface area contributed by atoms with Gasteiger partial charge in [-0.05, 0) is 43.0 Å². The van der Waals surface area contributed by atoms with Crippen molar-refractivity contribution in [1.29, 1.82) is 0 Å². The molecule has 0 aliphatic carbocycles. The molecule has 2 aromatic rings. The van der Waals surface area contributed by atoms with Crippen molar-refractivity contribution in [1.82, 2.24) is 15.3 Å². The number of carbonyl (C=O) groups excluding carboxylic acids is 1. The van der Waals surface area contributed by atoms with Crippen LogP contribution in [-0.2, 0) is 22.5 Å². The van der Waals surface area contributed by atoms with Crippen LogP contribution in [-0.4, -0.2) is 29.1 Å². The Kier molecular flexibility index (Phi) is 6.36. The Hall–Kier alpha value is -1.98. The van der Waals surface area contributed by atoms with E-state index in [1.54, 1.807) is 6.20 Å². The first-order valence-electron chi connectivity index (χ1n) is 8.61. The Morgan fingerprint density at radius 2 is 2.12 bits per heavy atom. The quantitative estimate of drug-likeness (QED) is 0.859. The Labute approximate surface area is 152 Å². The molecule has 1 atom stereocenters. The van der Waals surface area contributed by atoms with Crippen LogP contribution >= 0.6 is 11.6 Å². The average Bonchev–Trinajstić information content (AvgIpc) is 2.67. The highest BCUT2D eigenvalue weighted by Crippen LogP contribution is 2.22. The molecule has 6 heteroatoms. The second-order valence-electron chi connectivity index (χ2n) is 6.22. The highest BCUT2D eigenvalue weighted by molar-refractivity contribution is 6.30. The van der Waals surface area contributed by atoms with E-state index in [-0.39, 0.29) is 11.8 Å². The van der Waals surface area contributed by atoms with Gasteiger partial charge in [-0.25, -0.2) is 9.97 Å². The van der Waals surface area contributed by atoms with Crippen molar-refractivity contribution < 1.29 is 9.53 Å². The molecule has 25 heavy (non-hydrogen) atoms. The third kappa shape index (κ3) is 5.51. The maximum atomic E-state index is 12.0. The van der Waals surface area contributed by atoms with E-state index in [4.69, 9.17) is 16.3 Å². The summed E-state index contributed by atoms with van der Waals surface area (Å²) in [6.07, 6.45) is 4.98. The molecule has 1 N–H and O–H groups in total. The fourth-order valence-corrected chi connectivity index (χ4v) is 2.96. The molecule has 1 amide bonds. The van der Waals surface area contributed by atoms with Gasteiger partial charge in [0, 0.05) is 30.2 Å². The SMILES string of the molecule is O=C(CCc1ccc(Cl)cc1)NCc1ccnc([C@H]2CCCOC2)n1. The first-order chi connectivity index (χ1) is 12.2. The van der Waals surface area contributed by atoms with Crippen molar-refractivity contribution in [3.05, 3.63) is 58.6 Å². The van der Waals surface area contributed by atoms with Crippen molar-refractivity contribution in [2.45, 2.75) is 38.1 Å². The van der Waals surface area contributed by atoms with E-state index in [1.807, 2.05) is 30.3 Å². The number of ether oxygens (including phenoxy) is 1. The van der Waals surface area contributed by atoms with Gasteiger partial charge in [0.2, 0.25) is 5.91 Å². The number of carbonyl (C=O) groups is 1. The van der Waals surface area contributed by atoms with Gasteiger partial charge in [-0.15, -0.1) is 0 Å². The molecule has 1 aliphatic rings. The molecule has 5 nitrogen and oxygen atoms in total. The number of aryl methyl sites for hydroxylation is 1. The Balaban J connectivity index is 1.47. The lowest BCUT2D eigenvalue weighted by atomic mass is 10.0. The van der Waals surface area contributed by atoms with Gasteiger partial charge in [-0.2, -0.15) is 0 Å². The Bertz CT molecular complexity index is 700. The maximum Gasteiger partial charge on any atom is 0.220 e. The molecular formula is C19H22ClN3O2. The summed E-state index contributed by atoms with van der Waals surface area (Å²) in [5.41, 5.74) is 1.93. The summed E-state index contributed by atoms with van der Waals surface area (Å²) in [5, 5.41) is 3.63. The highest BCUT2D eigenvalue weighted by Gasteiger charge is 2.18. The minimum Gasteiger partial charge on any atom is -0.381 e. The number of nitrogens with zero attached hydrogens (tertiary/aromatic N) is 2. The van der Waals surface area contributed by atoms with Crippen LogP contribution in [0.1, 0.15) is 42.3 Å². The molecule has 2 heterocycles. The van der Waals surface area contributed by atoms with Crippen molar-refractivity contribution in [3.63, 3.8) is 0 Å². The Morgan fingerprint density at radius 3 is 2.88 bits per heavy atom. The third-order valence-corrected chi connectivity index (χ3v) is 4.53. The van der Waals surface area contributed by atoms with Crippen LogP contribution in [0.4, 0.5) is 0 Å². The summed E-state index contributed by atoms with van der Waals surface area (Å²) >= 11 is 5.86. The number of benzene rings is 1. The largest absolute Gasteiger partial charge is 0.381 e. The summed E-state index contributed by atoms with van der Waals surface area (Å²) < 4.78 is 5.50. The summed E-state index contributed by atoms with van der Waals surface area (Å²) in [6.45, 7) is 1.92. The molecule has 0 saturated carbocycles. The van der Waals surface area contributed by atoms with E-state index in [1.165, 1.54) is 0 Å². The summed E-state index contributed by atoms with van der Waals surface area (Å²) in [5.74, 6) is 1.08. The number of amides is 1. The standard InChI is InChI=1S/C19H22ClN3O2/c20-16-6-3-14(4-7-16)5-8-18(24)22-12-17-9-10-21-19(23-17)15-2-1-11-25-13-15/h3-4,6-7,9-10,15H,1-2,5,8,11-13H2,(H,22,24)/t15-/m0/s1. The normalized spacial score (nSPS) is 17.2. The zero-order valence-corrected chi connectivity index (χ0v) is 14.8. The number of hydrogen-bond donors (Lipinski definition) is 1. The molecule has 0 spiro atoms. The number of aromatic nitrogens is 2. The van der Waals surface area contributed by atoms with E-state index in [9.17, 15) is 4.79 Å². The van der Waals surface area contributed by atoms with Crippen molar-refractivity contribution in [2.75, 3.05) is 13.2 Å². The lowest BCUT2D eigenvalue weighted by Crippen LogP contribution is -2.24. The average molecular weight is 360 g/mol. The van der Waals surface area contributed by atoms with Gasteiger partial charge >= 0.3 is 0 Å². The molecule has 0 unspecified atom stereocenters. The smallest absolute Gasteiger partial charge is 0.220 e. The third-order valence-electron chi connectivity index (χ3n) is 4.28. The first-order valence-corrected chi connectivity index (χ1v) is 8.99. The fraction of sp³-hybridized carbons (Fsp3) is 0.421. The molecule has 1 aromatic heterocycles. The van der Waals surface area contributed by atoms with Crippen molar-refractivity contribution in [3.8, 4) is 0 Å². The molecule has 1 fully saturated rings. The van der Waals surface area contributed by atoms with Crippen LogP contribution in [0.5, 0.6) is 0 Å². The van der Waals surface area contributed by atoms with Crippen LogP contribution in [0.2, 0.25) is 5.02 Å². The minimum absolute atomic E-state index is 0.0103.